The maximum Gasteiger partial charge on any atom is 0.311 e. The van der Waals surface area contributed by atoms with Gasteiger partial charge in [0.2, 0.25) is 0 Å². The number of nitro benzene ring substituents is 1. The molecule has 2 amide bonds. The molecule has 2 N–H and O–H groups in total. The van der Waals surface area contributed by atoms with Gasteiger partial charge in [0.1, 0.15) is 0 Å². The lowest BCUT2D eigenvalue weighted by molar-refractivity contribution is -0.385. The predicted octanol–water partition coefficient (Wildman–Crippen LogP) is 3.50. The van der Waals surface area contributed by atoms with Crippen LogP contribution in [0.5, 0.6) is 5.75 Å². The smallest absolute Gasteiger partial charge is 0.311 e. The minimum atomic E-state index is -0.732. The molecule has 0 aromatic heterocycles. The number of nitrogens with one attached hydrogen (secondary N) is 1. The number of carbonyl (C=O) groups is 2. The van der Waals surface area contributed by atoms with Gasteiger partial charge in [-0.15, -0.1) is 0 Å². The molecule has 0 atom stereocenters. The molecule has 2 aromatic carbocycles. The molecular weight excluding hydrogens is 426 g/mol. The van der Waals surface area contributed by atoms with Gasteiger partial charge >= 0.3 is 5.69 Å². The SMILES string of the molecule is O=C(NN1C(=O)/C(=C/c2ccc(O)c([N+](=O)[O-])c2)SC1=S)c1ccc(Cl)cc1. The van der Waals surface area contributed by atoms with E-state index in [0.29, 0.717) is 10.6 Å². The summed E-state index contributed by atoms with van der Waals surface area (Å²) in [5, 5.41) is 21.8. The zero-order valence-electron chi connectivity index (χ0n) is 13.8. The number of benzene rings is 2. The van der Waals surface area contributed by atoms with Crippen LogP contribution in [0, 0.1) is 10.1 Å². The number of hydrazine groups is 1. The molecule has 0 bridgehead atoms. The third-order valence-corrected chi connectivity index (χ3v) is 5.16. The van der Waals surface area contributed by atoms with Crippen LogP contribution < -0.4 is 5.43 Å². The summed E-state index contributed by atoms with van der Waals surface area (Å²) in [6.07, 6.45) is 1.39. The van der Waals surface area contributed by atoms with Gasteiger partial charge < -0.3 is 5.11 Å². The number of hydrogen-bond acceptors (Lipinski definition) is 7. The first-order valence-corrected chi connectivity index (χ1v) is 9.18. The zero-order valence-corrected chi connectivity index (χ0v) is 16.2. The molecule has 1 aliphatic heterocycles. The molecule has 0 aliphatic carbocycles. The van der Waals surface area contributed by atoms with E-state index in [9.17, 15) is 24.8 Å². The summed E-state index contributed by atoms with van der Waals surface area (Å²) in [6, 6.07) is 9.79. The highest BCUT2D eigenvalue weighted by molar-refractivity contribution is 8.26. The van der Waals surface area contributed by atoms with Crippen LogP contribution in [-0.2, 0) is 4.79 Å². The van der Waals surface area contributed by atoms with Gasteiger partial charge in [-0.25, -0.2) is 0 Å². The number of phenolic OH excluding ortho intramolecular Hbond substituents is 1. The first kappa shape index (κ1) is 19.8. The van der Waals surface area contributed by atoms with Crippen LogP contribution >= 0.6 is 35.6 Å². The van der Waals surface area contributed by atoms with Gasteiger partial charge in [-0.1, -0.05) is 29.4 Å². The Labute approximate surface area is 172 Å². The Balaban J connectivity index is 1.80. The fourth-order valence-corrected chi connectivity index (χ4v) is 3.56. The minimum absolute atomic E-state index is 0.104. The van der Waals surface area contributed by atoms with Crippen molar-refractivity contribution in [3.63, 3.8) is 0 Å². The second-order valence-corrected chi connectivity index (χ2v) is 7.58. The fourth-order valence-electron chi connectivity index (χ4n) is 2.26. The normalized spacial score (nSPS) is 15.2. The van der Waals surface area contributed by atoms with Crippen molar-refractivity contribution in [2.75, 3.05) is 0 Å². The summed E-state index contributed by atoms with van der Waals surface area (Å²) in [4.78, 5) is 35.2. The van der Waals surface area contributed by atoms with Gasteiger partial charge in [0.05, 0.1) is 9.83 Å². The molecule has 1 fully saturated rings. The molecule has 28 heavy (non-hydrogen) atoms. The summed E-state index contributed by atoms with van der Waals surface area (Å²) in [6.45, 7) is 0. The van der Waals surface area contributed by atoms with Crippen LogP contribution in [-0.4, -0.2) is 31.2 Å². The zero-order chi connectivity index (χ0) is 20.4. The van der Waals surface area contributed by atoms with Crippen molar-refractivity contribution in [2.24, 2.45) is 0 Å². The van der Waals surface area contributed by atoms with Crippen molar-refractivity contribution in [1.82, 2.24) is 10.4 Å². The van der Waals surface area contributed by atoms with Gasteiger partial charge in [-0.2, -0.15) is 5.01 Å². The topological polar surface area (TPSA) is 113 Å². The number of halogens is 1. The van der Waals surface area contributed by atoms with E-state index in [1.807, 2.05) is 0 Å². The summed E-state index contributed by atoms with van der Waals surface area (Å²) in [5.41, 5.74) is 2.55. The van der Waals surface area contributed by atoms with E-state index in [2.05, 4.69) is 5.43 Å². The van der Waals surface area contributed by atoms with Crippen molar-refractivity contribution >= 4 is 63.5 Å². The standard InChI is InChI=1S/C17H10ClN3O5S2/c18-11-4-2-10(3-5-11)15(23)19-20-16(24)14(28-17(20)27)8-9-1-6-13(22)12(7-9)21(25)26/h1-8,22H,(H,19,23)/b14-8-. The number of nitrogens with zero attached hydrogens (tertiary/aromatic N) is 2. The Morgan fingerprint density at radius 2 is 1.96 bits per heavy atom. The van der Waals surface area contributed by atoms with Crippen LogP contribution in [0.2, 0.25) is 5.02 Å². The molecule has 2 aromatic rings. The number of carbonyl (C=O) groups excluding carboxylic acids is 2. The van der Waals surface area contributed by atoms with Crippen LogP contribution in [0.15, 0.2) is 47.4 Å². The lowest BCUT2D eigenvalue weighted by Gasteiger charge is -2.15. The second-order valence-electron chi connectivity index (χ2n) is 5.47. The summed E-state index contributed by atoms with van der Waals surface area (Å²) in [5.74, 6) is -1.60. The highest BCUT2D eigenvalue weighted by Crippen LogP contribution is 2.33. The third-order valence-electron chi connectivity index (χ3n) is 3.61. The predicted molar refractivity (Wildman–Crippen MR) is 109 cm³/mol. The van der Waals surface area contributed by atoms with Gasteiger partial charge in [0.15, 0.2) is 10.1 Å². The first-order valence-electron chi connectivity index (χ1n) is 7.58. The molecule has 3 rings (SSSR count). The number of hydrogen-bond donors (Lipinski definition) is 2. The van der Waals surface area contributed by atoms with Crippen molar-refractivity contribution in [3.8, 4) is 5.75 Å². The van der Waals surface area contributed by atoms with Crippen molar-refractivity contribution in [3.05, 3.63) is 73.6 Å². The number of phenols is 1. The fraction of sp³-hybridized carbons (Fsp3) is 0. The molecule has 8 nitrogen and oxygen atoms in total. The molecule has 1 saturated heterocycles. The van der Waals surface area contributed by atoms with Gasteiger partial charge in [0, 0.05) is 16.7 Å². The van der Waals surface area contributed by atoms with Crippen molar-refractivity contribution in [2.45, 2.75) is 0 Å². The van der Waals surface area contributed by atoms with Crippen molar-refractivity contribution in [1.29, 1.82) is 0 Å². The Morgan fingerprint density at radius 1 is 1.29 bits per heavy atom. The Bertz CT molecular complexity index is 1040. The quantitative estimate of drug-likeness (QED) is 0.327. The number of thioether (sulfide) groups is 1. The maximum atomic E-state index is 12.6. The third kappa shape index (κ3) is 4.14. The van der Waals surface area contributed by atoms with Gasteiger partial charge in [-0.3, -0.25) is 25.1 Å². The Hall–Kier alpha value is -2.95. The molecule has 1 aliphatic rings. The van der Waals surface area contributed by atoms with E-state index in [4.69, 9.17) is 23.8 Å². The van der Waals surface area contributed by atoms with Crippen LogP contribution in [0.4, 0.5) is 5.69 Å². The van der Waals surface area contributed by atoms with E-state index in [1.54, 1.807) is 12.1 Å². The number of rotatable bonds is 4. The second kappa shape index (κ2) is 7.97. The van der Waals surface area contributed by atoms with E-state index in [-0.39, 0.29) is 14.8 Å². The maximum absolute atomic E-state index is 12.6. The monoisotopic (exact) mass is 435 g/mol. The molecular formula is C17H10ClN3O5S2. The average molecular weight is 436 g/mol. The van der Waals surface area contributed by atoms with Gasteiger partial charge in [-0.05, 0) is 54.2 Å². The minimum Gasteiger partial charge on any atom is -0.502 e. The lowest BCUT2D eigenvalue weighted by atomic mass is 10.1. The van der Waals surface area contributed by atoms with E-state index in [0.717, 1.165) is 28.9 Å². The number of aromatic hydroxyl groups is 1. The highest BCUT2D eigenvalue weighted by Gasteiger charge is 2.34. The Kier molecular flexibility index (Phi) is 5.63. The number of thiocarbonyl (C=S) groups is 1. The van der Waals surface area contributed by atoms with Crippen molar-refractivity contribution < 1.29 is 19.6 Å². The molecule has 1 heterocycles. The molecule has 0 radical (unpaired) electrons. The van der Waals surface area contributed by atoms with E-state index < -0.39 is 28.2 Å². The summed E-state index contributed by atoms with van der Waals surface area (Å²) >= 11 is 11.9. The number of nitro groups is 1. The highest BCUT2D eigenvalue weighted by atomic mass is 35.5. The molecule has 0 spiro atoms. The molecule has 11 heteroatoms. The molecule has 0 unspecified atom stereocenters. The lowest BCUT2D eigenvalue weighted by Crippen LogP contribution is -2.44. The number of amides is 2. The Morgan fingerprint density at radius 3 is 2.61 bits per heavy atom. The first-order chi connectivity index (χ1) is 13.3. The van der Waals surface area contributed by atoms with Crippen LogP contribution in [0.3, 0.4) is 0 Å². The van der Waals surface area contributed by atoms with E-state index in [1.165, 1.54) is 24.3 Å². The van der Waals surface area contributed by atoms with E-state index >= 15 is 0 Å². The summed E-state index contributed by atoms with van der Waals surface area (Å²) < 4.78 is 0.104. The van der Waals surface area contributed by atoms with Crippen LogP contribution in [0.1, 0.15) is 15.9 Å². The molecule has 142 valence electrons. The van der Waals surface area contributed by atoms with Gasteiger partial charge in [0.25, 0.3) is 11.8 Å². The largest absolute Gasteiger partial charge is 0.502 e. The average Bonchev–Trinajstić information content (AvgIpc) is 2.91. The van der Waals surface area contributed by atoms with Crippen LogP contribution in [0.25, 0.3) is 6.08 Å². The molecule has 0 saturated carbocycles. The summed E-state index contributed by atoms with van der Waals surface area (Å²) in [7, 11) is 0.